The van der Waals surface area contributed by atoms with Crippen LogP contribution in [0.1, 0.15) is 12.8 Å². The second-order valence-corrected chi connectivity index (χ2v) is 4.28. The lowest BCUT2D eigenvalue weighted by Gasteiger charge is -2.15. The van der Waals surface area contributed by atoms with Crippen molar-refractivity contribution in [2.45, 2.75) is 18.3 Å². The van der Waals surface area contributed by atoms with Gasteiger partial charge in [-0.2, -0.15) is 25.9 Å². The van der Waals surface area contributed by atoms with Crippen molar-refractivity contribution in [3.63, 3.8) is 0 Å². The van der Waals surface area contributed by atoms with Gasteiger partial charge in [-0.1, -0.05) is 0 Å². The van der Waals surface area contributed by atoms with E-state index in [0.29, 0.717) is 0 Å². The van der Waals surface area contributed by atoms with Gasteiger partial charge in [-0.15, -0.1) is 0 Å². The molecule has 0 aliphatic carbocycles. The highest BCUT2D eigenvalue weighted by Crippen LogP contribution is 2.30. The number of hydrogen-bond donors (Lipinski definition) is 0. The molecular formula is C5H4F3NO4S. The average molecular weight is 231 g/mol. The molecule has 2 amide bonds. The van der Waals surface area contributed by atoms with E-state index in [-0.39, 0.29) is 0 Å². The SMILES string of the molecule is O=C1CCC(=O)N1S(=O)(=O)C(F)(F)F. The summed E-state index contributed by atoms with van der Waals surface area (Å²) >= 11 is 0. The third-order valence-electron chi connectivity index (χ3n) is 1.54. The second-order valence-electron chi connectivity index (χ2n) is 2.50. The first-order valence-corrected chi connectivity index (χ1v) is 4.79. The lowest BCUT2D eigenvalue weighted by molar-refractivity contribution is -0.134. The Morgan fingerprint density at radius 2 is 1.43 bits per heavy atom. The van der Waals surface area contributed by atoms with Crippen LogP contribution in [0.5, 0.6) is 0 Å². The molecule has 1 heterocycles. The van der Waals surface area contributed by atoms with Gasteiger partial charge in [0.2, 0.25) is 11.8 Å². The molecule has 0 aromatic heterocycles. The van der Waals surface area contributed by atoms with Gasteiger partial charge in [-0.3, -0.25) is 9.59 Å². The summed E-state index contributed by atoms with van der Waals surface area (Å²) in [5.74, 6) is -2.68. The van der Waals surface area contributed by atoms with Crippen molar-refractivity contribution in [2.75, 3.05) is 0 Å². The van der Waals surface area contributed by atoms with Crippen LogP contribution in [-0.2, 0) is 19.6 Å². The maximum atomic E-state index is 11.9. The summed E-state index contributed by atoms with van der Waals surface area (Å²) in [6.07, 6.45) is -1.01. The summed E-state index contributed by atoms with van der Waals surface area (Å²) in [6.45, 7) is 0. The van der Waals surface area contributed by atoms with Crippen LogP contribution < -0.4 is 0 Å². The summed E-state index contributed by atoms with van der Waals surface area (Å²) in [6, 6.07) is 0. The van der Waals surface area contributed by atoms with Crippen LogP contribution in [-0.4, -0.2) is 30.0 Å². The van der Waals surface area contributed by atoms with E-state index in [2.05, 4.69) is 0 Å². The molecule has 9 heteroatoms. The Bertz CT molecular complexity index is 368. The number of carbonyl (C=O) groups is 2. The zero-order valence-corrected chi connectivity index (χ0v) is 7.35. The smallest absolute Gasteiger partial charge is 0.273 e. The highest BCUT2D eigenvalue weighted by Gasteiger charge is 2.55. The third kappa shape index (κ3) is 1.47. The maximum Gasteiger partial charge on any atom is 0.517 e. The Kier molecular flexibility index (Phi) is 2.30. The molecule has 0 N–H and O–H groups in total. The highest BCUT2D eigenvalue weighted by molar-refractivity contribution is 7.91. The summed E-state index contributed by atoms with van der Waals surface area (Å²) in [4.78, 5) is 21.4. The fourth-order valence-corrected chi connectivity index (χ4v) is 1.85. The summed E-state index contributed by atoms with van der Waals surface area (Å²) in [5.41, 5.74) is -5.62. The quantitative estimate of drug-likeness (QED) is 0.595. The van der Waals surface area contributed by atoms with Crippen molar-refractivity contribution in [3.05, 3.63) is 0 Å². The maximum absolute atomic E-state index is 11.9. The van der Waals surface area contributed by atoms with Crippen LogP contribution in [0.25, 0.3) is 0 Å². The van der Waals surface area contributed by atoms with E-state index in [1.54, 1.807) is 0 Å². The molecule has 1 rings (SSSR count). The van der Waals surface area contributed by atoms with Crippen molar-refractivity contribution < 1.29 is 31.2 Å². The molecule has 0 saturated carbocycles. The molecule has 0 aromatic rings. The van der Waals surface area contributed by atoms with E-state index in [0.717, 1.165) is 0 Å². The minimum atomic E-state index is -5.84. The lowest BCUT2D eigenvalue weighted by atomic mass is 10.4. The molecule has 5 nitrogen and oxygen atoms in total. The van der Waals surface area contributed by atoms with Gasteiger partial charge in [0.15, 0.2) is 0 Å². The first-order valence-electron chi connectivity index (χ1n) is 3.35. The standard InChI is InChI=1S/C5H4F3NO4S/c6-5(7,8)14(12,13)9-3(10)1-2-4(9)11/h1-2H2. The third-order valence-corrected chi connectivity index (χ3v) is 3.01. The van der Waals surface area contributed by atoms with E-state index in [4.69, 9.17) is 0 Å². The molecular weight excluding hydrogens is 227 g/mol. The Hall–Kier alpha value is -1.12. The van der Waals surface area contributed by atoms with Gasteiger partial charge in [-0.05, 0) is 0 Å². The normalized spacial score (nSPS) is 19.2. The summed E-state index contributed by atoms with van der Waals surface area (Å²) < 4.78 is 56.2. The van der Waals surface area contributed by atoms with Crippen LogP contribution in [0.2, 0.25) is 0 Å². The van der Waals surface area contributed by atoms with Gasteiger partial charge in [0, 0.05) is 12.8 Å². The largest absolute Gasteiger partial charge is 0.517 e. The van der Waals surface area contributed by atoms with Gasteiger partial charge in [-0.25, -0.2) is 0 Å². The molecule has 0 aromatic carbocycles. The molecule has 14 heavy (non-hydrogen) atoms. The second kappa shape index (κ2) is 2.94. The zero-order valence-electron chi connectivity index (χ0n) is 6.54. The Labute approximate surface area is 76.5 Å². The van der Waals surface area contributed by atoms with Crippen LogP contribution in [0.4, 0.5) is 13.2 Å². The lowest BCUT2D eigenvalue weighted by Crippen LogP contribution is -2.43. The zero-order chi connectivity index (χ0) is 11.1. The van der Waals surface area contributed by atoms with Crippen LogP contribution in [0, 0.1) is 0 Å². The first kappa shape index (κ1) is 11.0. The predicted octanol–water partition coefficient (Wildman–Crippen LogP) is -0.0150. The molecule has 0 unspecified atom stereocenters. The number of rotatable bonds is 1. The molecule has 80 valence electrons. The molecule has 1 aliphatic heterocycles. The number of amides is 2. The minimum absolute atomic E-state index is 0.506. The molecule has 0 atom stereocenters. The summed E-state index contributed by atoms with van der Waals surface area (Å²) in [7, 11) is -5.84. The van der Waals surface area contributed by atoms with E-state index in [9.17, 15) is 31.2 Å². The first-order chi connectivity index (χ1) is 6.18. The van der Waals surface area contributed by atoms with Gasteiger partial charge in [0.25, 0.3) is 0 Å². The van der Waals surface area contributed by atoms with Crippen molar-refractivity contribution in [3.8, 4) is 0 Å². The number of hydrogen-bond acceptors (Lipinski definition) is 4. The van der Waals surface area contributed by atoms with E-state index in [1.807, 2.05) is 0 Å². The fourth-order valence-electron chi connectivity index (χ4n) is 0.928. The number of halogens is 3. The number of carbonyl (C=O) groups excluding carboxylic acids is 2. The van der Waals surface area contributed by atoms with Gasteiger partial charge in [0.05, 0.1) is 0 Å². The fraction of sp³-hybridized carbons (Fsp3) is 0.600. The number of nitrogens with zero attached hydrogens (tertiary/aromatic N) is 1. The Morgan fingerprint density at radius 1 is 1.07 bits per heavy atom. The van der Waals surface area contributed by atoms with Crippen molar-refractivity contribution in [2.24, 2.45) is 0 Å². The van der Waals surface area contributed by atoms with E-state index >= 15 is 0 Å². The van der Waals surface area contributed by atoms with Crippen LogP contribution in [0.3, 0.4) is 0 Å². The minimum Gasteiger partial charge on any atom is -0.273 e. The van der Waals surface area contributed by atoms with E-state index in [1.165, 1.54) is 0 Å². The van der Waals surface area contributed by atoms with Crippen molar-refractivity contribution in [1.29, 1.82) is 0 Å². The monoisotopic (exact) mass is 231 g/mol. The Balaban J connectivity index is 3.17. The van der Waals surface area contributed by atoms with Crippen molar-refractivity contribution in [1.82, 2.24) is 4.31 Å². The predicted molar refractivity (Wildman–Crippen MR) is 36.1 cm³/mol. The molecule has 1 saturated heterocycles. The number of imide groups is 1. The molecule has 0 bridgehead atoms. The number of sulfonamides is 1. The van der Waals surface area contributed by atoms with Gasteiger partial charge in [0.1, 0.15) is 0 Å². The molecule has 0 spiro atoms. The number of alkyl halides is 3. The van der Waals surface area contributed by atoms with Gasteiger partial charge < -0.3 is 0 Å². The van der Waals surface area contributed by atoms with Crippen molar-refractivity contribution >= 4 is 21.8 Å². The Morgan fingerprint density at radius 3 is 1.71 bits per heavy atom. The molecule has 1 fully saturated rings. The van der Waals surface area contributed by atoms with E-state index < -0.39 is 44.5 Å². The topological polar surface area (TPSA) is 71.5 Å². The van der Waals surface area contributed by atoms with Crippen LogP contribution in [0.15, 0.2) is 0 Å². The molecule has 0 radical (unpaired) electrons. The van der Waals surface area contributed by atoms with Crippen LogP contribution >= 0.6 is 0 Å². The average Bonchev–Trinajstić information content (AvgIpc) is 2.28. The summed E-state index contributed by atoms with van der Waals surface area (Å²) in [5, 5.41) is 0. The molecule has 1 aliphatic rings. The van der Waals surface area contributed by atoms with Gasteiger partial charge >= 0.3 is 15.5 Å². The highest BCUT2D eigenvalue weighted by atomic mass is 32.2.